The van der Waals surface area contributed by atoms with Gasteiger partial charge in [0.2, 0.25) is 0 Å². The molecule has 1 aliphatic heterocycles. The third-order valence-electron chi connectivity index (χ3n) is 3.65. The maximum Gasteiger partial charge on any atom is 0.0700 e. The molecular formula is C14H30N2O. The number of rotatable bonds is 8. The lowest BCUT2D eigenvalue weighted by Gasteiger charge is -2.36. The third-order valence-corrected chi connectivity index (χ3v) is 3.65. The lowest BCUT2D eigenvalue weighted by atomic mass is 10.1. The van der Waals surface area contributed by atoms with Gasteiger partial charge in [0.25, 0.3) is 0 Å². The Kier molecular flexibility index (Phi) is 7.82. The third kappa shape index (κ3) is 5.84. The first kappa shape index (κ1) is 14.9. The van der Waals surface area contributed by atoms with Crippen LogP contribution in [-0.4, -0.2) is 49.8 Å². The van der Waals surface area contributed by atoms with Crippen molar-refractivity contribution in [3.05, 3.63) is 0 Å². The molecule has 17 heavy (non-hydrogen) atoms. The zero-order valence-electron chi connectivity index (χ0n) is 11.9. The van der Waals surface area contributed by atoms with Crippen LogP contribution in [0.2, 0.25) is 0 Å². The van der Waals surface area contributed by atoms with E-state index in [0.717, 1.165) is 32.7 Å². The van der Waals surface area contributed by atoms with E-state index in [1.165, 1.54) is 25.8 Å². The molecule has 0 aromatic carbocycles. The molecule has 3 nitrogen and oxygen atoms in total. The quantitative estimate of drug-likeness (QED) is 0.661. The van der Waals surface area contributed by atoms with E-state index in [4.69, 9.17) is 4.74 Å². The minimum absolute atomic E-state index is 0.462. The monoisotopic (exact) mass is 242 g/mol. The number of nitrogens with zero attached hydrogens (tertiary/aromatic N) is 1. The number of ether oxygens (including phenoxy) is 1. The molecule has 1 saturated heterocycles. The Morgan fingerprint density at radius 1 is 1.35 bits per heavy atom. The van der Waals surface area contributed by atoms with E-state index in [9.17, 15) is 0 Å². The maximum atomic E-state index is 5.71. The predicted molar refractivity (Wildman–Crippen MR) is 73.5 cm³/mol. The van der Waals surface area contributed by atoms with Gasteiger partial charge in [-0.1, -0.05) is 13.8 Å². The number of hydrogen-bond acceptors (Lipinski definition) is 3. The molecule has 1 rings (SSSR count). The molecule has 102 valence electrons. The Morgan fingerprint density at radius 3 is 2.88 bits per heavy atom. The summed E-state index contributed by atoms with van der Waals surface area (Å²) in [4.78, 5) is 2.59. The highest BCUT2D eigenvalue weighted by molar-refractivity contribution is 4.75. The van der Waals surface area contributed by atoms with Gasteiger partial charge in [-0.2, -0.15) is 0 Å². The van der Waals surface area contributed by atoms with E-state index in [0.29, 0.717) is 12.1 Å². The first-order valence-electron chi connectivity index (χ1n) is 7.34. The van der Waals surface area contributed by atoms with Gasteiger partial charge in [-0.25, -0.2) is 0 Å². The maximum absolute atomic E-state index is 5.71. The Labute approximate surface area is 107 Å². The summed E-state index contributed by atoms with van der Waals surface area (Å²) < 4.78 is 5.71. The molecule has 0 aliphatic carbocycles. The smallest absolute Gasteiger partial charge is 0.0700 e. The second-order valence-corrected chi connectivity index (χ2v) is 5.14. The Bertz CT molecular complexity index is 187. The molecule has 3 heteroatoms. The number of morpholine rings is 1. The molecule has 0 radical (unpaired) electrons. The van der Waals surface area contributed by atoms with E-state index in [-0.39, 0.29) is 0 Å². The number of nitrogens with one attached hydrogen (secondary N) is 1. The first-order valence-corrected chi connectivity index (χ1v) is 7.34. The lowest BCUT2D eigenvalue weighted by Crippen LogP contribution is -2.46. The fourth-order valence-electron chi connectivity index (χ4n) is 2.40. The van der Waals surface area contributed by atoms with Crippen LogP contribution >= 0.6 is 0 Å². The van der Waals surface area contributed by atoms with Gasteiger partial charge in [0.1, 0.15) is 0 Å². The highest BCUT2D eigenvalue weighted by atomic mass is 16.5. The van der Waals surface area contributed by atoms with Gasteiger partial charge in [0.15, 0.2) is 0 Å². The molecule has 0 bridgehead atoms. The zero-order valence-corrected chi connectivity index (χ0v) is 11.9. The summed E-state index contributed by atoms with van der Waals surface area (Å²) in [6, 6.07) is 0.705. The van der Waals surface area contributed by atoms with E-state index in [1.54, 1.807) is 0 Å². The van der Waals surface area contributed by atoms with Crippen LogP contribution < -0.4 is 5.32 Å². The normalized spacial score (nSPS) is 23.8. The molecule has 1 heterocycles. The first-order chi connectivity index (χ1) is 8.27. The average Bonchev–Trinajstić information content (AvgIpc) is 2.38. The molecule has 0 amide bonds. The summed E-state index contributed by atoms with van der Waals surface area (Å²) in [6.07, 6.45) is 5.42. The van der Waals surface area contributed by atoms with Gasteiger partial charge in [-0.3, -0.25) is 4.90 Å². The van der Waals surface area contributed by atoms with Crippen molar-refractivity contribution in [3.8, 4) is 0 Å². The molecule has 2 unspecified atom stereocenters. The van der Waals surface area contributed by atoms with Crippen molar-refractivity contribution in [2.24, 2.45) is 0 Å². The van der Waals surface area contributed by atoms with Gasteiger partial charge in [-0.15, -0.1) is 0 Å². The molecule has 0 saturated carbocycles. The summed E-state index contributed by atoms with van der Waals surface area (Å²) in [7, 11) is 0. The molecule has 1 aliphatic rings. The van der Waals surface area contributed by atoms with Crippen molar-refractivity contribution >= 4 is 0 Å². The average molecular weight is 242 g/mol. The van der Waals surface area contributed by atoms with Crippen LogP contribution in [0, 0.1) is 0 Å². The van der Waals surface area contributed by atoms with Gasteiger partial charge >= 0.3 is 0 Å². The highest BCUT2D eigenvalue weighted by Gasteiger charge is 2.22. The number of hydrogen-bond donors (Lipinski definition) is 1. The highest BCUT2D eigenvalue weighted by Crippen LogP contribution is 2.14. The second kappa shape index (κ2) is 8.90. The summed E-state index contributed by atoms with van der Waals surface area (Å²) in [5.74, 6) is 0. The fourth-order valence-corrected chi connectivity index (χ4v) is 2.40. The predicted octanol–water partition coefficient (Wildman–Crippen LogP) is 2.27. The Balaban J connectivity index is 2.11. The van der Waals surface area contributed by atoms with Crippen LogP contribution in [0.4, 0.5) is 0 Å². The van der Waals surface area contributed by atoms with Crippen molar-refractivity contribution in [3.63, 3.8) is 0 Å². The van der Waals surface area contributed by atoms with E-state index >= 15 is 0 Å². The molecule has 1 N–H and O–H groups in total. The zero-order chi connectivity index (χ0) is 12.5. The topological polar surface area (TPSA) is 24.5 Å². The summed E-state index contributed by atoms with van der Waals surface area (Å²) in [6.45, 7) is 12.3. The van der Waals surface area contributed by atoms with Crippen molar-refractivity contribution in [1.82, 2.24) is 10.2 Å². The van der Waals surface area contributed by atoms with Crippen molar-refractivity contribution < 1.29 is 4.74 Å². The molecule has 0 aromatic rings. The second-order valence-electron chi connectivity index (χ2n) is 5.14. The van der Waals surface area contributed by atoms with Crippen molar-refractivity contribution in [1.29, 1.82) is 0 Å². The van der Waals surface area contributed by atoms with E-state index < -0.39 is 0 Å². The van der Waals surface area contributed by atoms with Gasteiger partial charge in [0.05, 0.1) is 12.7 Å². The van der Waals surface area contributed by atoms with Crippen molar-refractivity contribution in [2.45, 2.75) is 58.6 Å². The van der Waals surface area contributed by atoms with Crippen LogP contribution in [0.3, 0.4) is 0 Å². The minimum atomic E-state index is 0.462. The molecule has 0 spiro atoms. The summed E-state index contributed by atoms with van der Waals surface area (Å²) >= 11 is 0. The Hall–Kier alpha value is -0.120. The van der Waals surface area contributed by atoms with Crippen molar-refractivity contribution in [2.75, 3.05) is 32.8 Å². The van der Waals surface area contributed by atoms with Gasteiger partial charge in [-0.05, 0) is 45.7 Å². The standard InChI is InChI=1S/C14H30N2O/c1-4-8-15-9-6-7-13(3)16-10-11-17-14(5-2)12-16/h13-15H,4-12H2,1-3H3. The van der Waals surface area contributed by atoms with Gasteiger partial charge in [0, 0.05) is 19.1 Å². The summed E-state index contributed by atoms with van der Waals surface area (Å²) in [5.41, 5.74) is 0. The molecular weight excluding hydrogens is 212 g/mol. The fraction of sp³-hybridized carbons (Fsp3) is 1.00. The van der Waals surface area contributed by atoms with Crippen LogP contribution in [0.15, 0.2) is 0 Å². The SMILES string of the molecule is CCCNCCCC(C)N1CCOC(CC)C1. The van der Waals surface area contributed by atoms with E-state index in [2.05, 4.69) is 31.0 Å². The largest absolute Gasteiger partial charge is 0.376 e. The lowest BCUT2D eigenvalue weighted by molar-refractivity contribution is -0.0431. The van der Waals surface area contributed by atoms with Gasteiger partial charge < -0.3 is 10.1 Å². The van der Waals surface area contributed by atoms with Crippen LogP contribution in [0.1, 0.15) is 46.5 Å². The summed E-state index contributed by atoms with van der Waals surface area (Å²) in [5, 5.41) is 3.47. The van der Waals surface area contributed by atoms with Crippen LogP contribution in [-0.2, 0) is 4.74 Å². The minimum Gasteiger partial charge on any atom is -0.376 e. The van der Waals surface area contributed by atoms with Crippen LogP contribution in [0.5, 0.6) is 0 Å². The molecule has 0 aromatic heterocycles. The Morgan fingerprint density at radius 2 is 2.18 bits per heavy atom. The van der Waals surface area contributed by atoms with E-state index in [1.807, 2.05) is 0 Å². The molecule has 2 atom stereocenters. The van der Waals surface area contributed by atoms with Crippen LogP contribution in [0.25, 0.3) is 0 Å². The molecule has 1 fully saturated rings.